The van der Waals surface area contributed by atoms with Crippen molar-refractivity contribution in [2.45, 2.75) is 46.0 Å². The van der Waals surface area contributed by atoms with Crippen LogP contribution in [0.4, 0.5) is 21.7 Å². The number of aromatic nitrogens is 2. The van der Waals surface area contributed by atoms with Crippen molar-refractivity contribution in [3.05, 3.63) is 88.9 Å². The molecule has 0 aliphatic carbocycles. The Morgan fingerprint density at radius 2 is 1.68 bits per heavy atom. The summed E-state index contributed by atoms with van der Waals surface area (Å²) >= 11 is 0. The first-order chi connectivity index (χ1) is 25.8. The second kappa shape index (κ2) is 18.0. The maximum absolute atomic E-state index is 15.1. The summed E-state index contributed by atoms with van der Waals surface area (Å²) in [6.45, 7) is 9.54. The lowest BCUT2D eigenvalue weighted by molar-refractivity contribution is -0.134. The highest BCUT2D eigenvalue weighted by Gasteiger charge is 2.22. The first kappa shape index (κ1) is 37.5. The molecule has 53 heavy (non-hydrogen) atoms. The van der Waals surface area contributed by atoms with Crippen molar-refractivity contribution in [2.75, 3.05) is 70.3 Å². The largest absolute Gasteiger partial charge is 0.493 e. The fraction of sp³-hybridized carbons (Fsp3) is 0.400. The lowest BCUT2D eigenvalue weighted by Crippen LogP contribution is -2.41. The number of anilines is 3. The standard InChI is InChI=1S/C40H47FN6O6/c1-27-9-7-10-28(2)37(27)44-38(49)31-26-42-40(43-30-12-14-33(32(41)25-30)52-20-8-17-46-15-5-4-6-16-46)45-39(31)53-34-13-11-29(23-35(34)50-3)24-36(48)47-18-21-51-22-19-47/h7,9-14,23,25-26H,4-6,8,15-22,24H2,1-3H3,(H,44,49)(H,42,43,45). The molecule has 280 valence electrons. The van der Waals surface area contributed by atoms with Gasteiger partial charge in [0.15, 0.2) is 23.1 Å². The number of piperidine rings is 1. The van der Waals surface area contributed by atoms with E-state index in [1.54, 1.807) is 35.2 Å². The van der Waals surface area contributed by atoms with Gasteiger partial charge in [0.2, 0.25) is 17.7 Å². The van der Waals surface area contributed by atoms with Gasteiger partial charge < -0.3 is 39.4 Å². The SMILES string of the molecule is COc1cc(CC(=O)N2CCOCC2)ccc1Oc1nc(Nc2ccc(OCCCN3CCCCC3)c(F)c2)ncc1C(=O)Nc1c(C)cccc1C. The van der Waals surface area contributed by atoms with Gasteiger partial charge in [-0.15, -0.1) is 0 Å². The van der Waals surface area contributed by atoms with Crippen molar-refractivity contribution in [3.8, 4) is 23.1 Å². The summed E-state index contributed by atoms with van der Waals surface area (Å²) in [5.41, 5.74) is 3.63. The molecule has 1 aromatic heterocycles. The van der Waals surface area contributed by atoms with Gasteiger partial charge in [-0.2, -0.15) is 4.98 Å². The number of morpholine rings is 1. The van der Waals surface area contributed by atoms with Gasteiger partial charge in [0, 0.05) is 43.3 Å². The van der Waals surface area contributed by atoms with E-state index in [-0.39, 0.29) is 41.2 Å². The van der Waals surface area contributed by atoms with Gasteiger partial charge in [0.05, 0.1) is 33.4 Å². The molecular formula is C40H47FN6O6. The van der Waals surface area contributed by atoms with E-state index in [9.17, 15) is 9.59 Å². The third kappa shape index (κ3) is 9.99. The number of nitrogens with zero attached hydrogens (tertiary/aromatic N) is 4. The average Bonchev–Trinajstić information content (AvgIpc) is 3.17. The molecule has 0 bridgehead atoms. The summed E-state index contributed by atoms with van der Waals surface area (Å²) in [5, 5.41) is 5.98. The monoisotopic (exact) mass is 726 g/mol. The maximum Gasteiger partial charge on any atom is 0.262 e. The molecule has 12 nitrogen and oxygen atoms in total. The van der Waals surface area contributed by atoms with Crippen LogP contribution < -0.4 is 24.8 Å². The van der Waals surface area contributed by atoms with E-state index in [1.807, 2.05) is 32.0 Å². The number of nitrogens with one attached hydrogen (secondary N) is 2. The van der Waals surface area contributed by atoms with Gasteiger partial charge in [-0.3, -0.25) is 9.59 Å². The summed E-state index contributed by atoms with van der Waals surface area (Å²) in [4.78, 5) is 39.7. The third-order valence-corrected chi connectivity index (χ3v) is 9.38. The Hall–Kier alpha value is -5.27. The Morgan fingerprint density at radius 1 is 0.925 bits per heavy atom. The van der Waals surface area contributed by atoms with Gasteiger partial charge in [-0.05, 0) is 87.2 Å². The van der Waals surface area contributed by atoms with Crippen LogP contribution in [-0.4, -0.2) is 91.2 Å². The number of halogens is 1. The van der Waals surface area contributed by atoms with Crippen molar-refractivity contribution in [1.29, 1.82) is 0 Å². The van der Waals surface area contributed by atoms with E-state index in [1.165, 1.54) is 38.6 Å². The fourth-order valence-electron chi connectivity index (χ4n) is 6.44. The number of carbonyl (C=O) groups is 2. The minimum atomic E-state index is -0.522. The number of benzene rings is 3. The molecule has 6 rings (SSSR count). The summed E-state index contributed by atoms with van der Waals surface area (Å²) < 4.78 is 38.1. The van der Waals surface area contributed by atoms with Gasteiger partial charge in [0.1, 0.15) is 5.56 Å². The van der Waals surface area contributed by atoms with Crippen LogP contribution in [0, 0.1) is 19.7 Å². The Labute approximate surface area is 309 Å². The van der Waals surface area contributed by atoms with Gasteiger partial charge in [-0.25, -0.2) is 9.37 Å². The van der Waals surface area contributed by atoms with E-state index in [0.29, 0.717) is 50.0 Å². The first-order valence-corrected chi connectivity index (χ1v) is 18.1. The molecule has 3 aromatic carbocycles. The van der Waals surface area contributed by atoms with Crippen LogP contribution in [0.15, 0.2) is 60.8 Å². The summed E-state index contributed by atoms with van der Waals surface area (Å²) in [5.74, 6) is -0.214. The van der Waals surface area contributed by atoms with E-state index in [2.05, 4.69) is 25.5 Å². The van der Waals surface area contributed by atoms with Crippen LogP contribution in [0.1, 0.15) is 52.7 Å². The van der Waals surface area contributed by atoms with Crippen molar-refractivity contribution in [2.24, 2.45) is 0 Å². The van der Waals surface area contributed by atoms with Gasteiger partial charge in [-0.1, -0.05) is 30.7 Å². The number of likely N-dealkylation sites (tertiary alicyclic amines) is 1. The smallest absolute Gasteiger partial charge is 0.262 e. The predicted octanol–water partition coefficient (Wildman–Crippen LogP) is 6.69. The molecule has 0 saturated carbocycles. The van der Waals surface area contributed by atoms with Gasteiger partial charge >= 0.3 is 0 Å². The molecule has 2 aliphatic rings. The zero-order chi connectivity index (χ0) is 37.2. The highest BCUT2D eigenvalue weighted by molar-refractivity contribution is 6.06. The van der Waals surface area contributed by atoms with E-state index in [4.69, 9.17) is 18.9 Å². The summed E-state index contributed by atoms with van der Waals surface area (Å²) in [7, 11) is 1.49. The molecule has 2 saturated heterocycles. The minimum absolute atomic E-state index is 0.00936. The zero-order valence-electron chi connectivity index (χ0n) is 30.6. The average molecular weight is 727 g/mol. The van der Waals surface area contributed by atoms with Crippen molar-refractivity contribution in [1.82, 2.24) is 19.8 Å². The maximum atomic E-state index is 15.1. The quantitative estimate of drug-likeness (QED) is 0.136. The molecule has 2 N–H and O–H groups in total. The van der Waals surface area contributed by atoms with Crippen LogP contribution in [-0.2, 0) is 16.0 Å². The van der Waals surface area contributed by atoms with Crippen LogP contribution in [0.25, 0.3) is 0 Å². The molecule has 0 atom stereocenters. The summed E-state index contributed by atoms with van der Waals surface area (Å²) in [6, 6.07) is 15.5. The number of para-hydroxylation sites is 1. The van der Waals surface area contributed by atoms with Gasteiger partial charge in [0.25, 0.3) is 5.91 Å². The van der Waals surface area contributed by atoms with E-state index >= 15 is 4.39 Å². The molecule has 2 aliphatic heterocycles. The number of methoxy groups -OCH3 is 1. The van der Waals surface area contributed by atoms with Crippen LogP contribution in [0.2, 0.25) is 0 Å². The molecule has 13 heteroatoms. The van der Waals surface area contributed by atoms with Crippen molar-refractivity contribution < 1.29 is 32.9 Å². The number of aryl methyl sites for hydroxylation is 2. The lowest BCUT2D eigenvalue weighted by Gasteiger charge is -2.27. The molecule has 0 unspecified atom stereocenters. The van der Waals surface area contributed by atoms with Crippen LogP contribution >= 0.6 is 0 Å². The van der Waals surface area contributed by atoms with E-state index < -0.39 is 11.7 Å². The number of ether oxygens (including phenoxy) is 4. The first-order valence-electron chi connectivity index (χ1n) is 18.1. The van der Waals surface area contributed by atoms with E-state index in [0.717, 1.165) is 42.7 Å². The fourth-order valence-corrected chi connectivity index (χ4v) is 6.44. The molecule has 4 aromatic rings. The van der Waals surface area contributed by atoms with Crippen LogP contribution in [0.5, 0.6) is 23.1 Å². The summed E-state index contributed by atoms with van der Waals surface area (Å²) in [6.07, 6.45) is 6.09. The Kier molecular flexibility index (Phi) is 12.7. The number of carbonyl (C=O) groups excluding carboxylic acids is 2. The van der Waals surface area contributed by atoms with Crippen LogP contribution in [0.3, 0.4) is 0 Å². The molecule has 2 amide bonds. The predicted molar refractivity (Wildman–Crippen MR) is 200 cm³/mol. The van der Waals surface area contributed by atoms with Crippen molar-refractivity contribution >= 4 is 29.1 Å². The highest BCUT2D eigenvalue weighted by Crippen LogP contribution is 2.35. The Balaban J connectivity index is 1.20. The molecular weight excluding hydrogens is 679 g/mol. The molecule has 2 fully saturated rings. The highest BCUT2D eigenvalue weighted by atomic mass is 19.1. The third-order valence-electron chi connectivity index (χ3n) is 9.38. The number of hydrogen-bond donors (Lipinski definition) is 2. The number of rotatable bonds is 14. The lowest BCUT2D eigenvalue weighted by atomic mass is 10.1. The van der Waals surface area contributed by atoms with Crippen molar-refractivity contribution in [3.63, 3.8) is 0 Å². The Bertz CT molecular complexity index is 1880. The molecule has 3 heterocycles. The normalized spacial score (nSPS) is 14.8. The number of hydrogen-bond acceptors (Lipinski definition) is 10. The molecule has 0 spiro atoms. The second-order valence-electron chi connectivity index (χ2n) is 13.3. The Morgan fingerprint density at radius 3 is 2.42 bits per heavy atom. The second-order valence-corrected chi connectivity index (χ2v) is 13.3. The minimum Gasteiger partial charge on any atom is -0.493 e. The zero-order valence-corrected chi connectivity index (χ0v) is 30.6. The number of amides is 2. The molecule has 0 radical (unpaired) electrons. The topological polar surface area (TPSA) is 127 Å².